The number of rotatable bonds is 4. The number of hydrogen-bond donors (Lipinski definition) is 6. The summed E-state index contributed by atoms with van der Waals surface area (Å²) in [5.41, 5.74) is 2.21. The average molecular weight is 408 g/mol. The number of nitrogens with one attached hydrogen (secondary N) is 1. The molecule has 154 valence electrons. The molecule has 1 aromatic carbocycles. The van der Waals surface area contributed by atoms with Crippen LogP contribution in [0, 0.1) is 17.3 Å². The molecule has 0 heterocycles. The van der Waals surface area contributed by atoms with Gasteiger partial charge < -0.3 is 25.7 Å². The minimum atomic E-state index is -1.05. The van der Waals surface area contributed by atoms with E-state index in [1.807, 2.05) is 0 Å². The van der Waals surface area contributed by atoms with Crippen molar-refractivity contribution in [2.45, 2.75) is 63.5 Å². The summed E-state index contributed by atoms with van der Waals surface area (Å²) in [6, 6.07) is 0.669. The van der Waals surface area contributed by atoms with Gasteiger partial charge in [0, 0.05) is 5.75 Å². The lowest BCUT2D eigenvalue weighted by Crippen LogP contribution is -2.44. The Bertz CT molecular complexity index is 799. The molecule has 0 radical (unpaired) electrons. The van der Waals surface area contributed by atoms with Gasteiger partial charge in [-0.25, -0.2) is 4.79 Å². The van der Waals surface area contributed by atoms with Crippen LogP contribution in [-0.4, -0.2) is 44.3 Å². The molecule has 6 atom stereocenters. The van der Waals surface area contributed by atoms with Crippen molar-refractivity contribution in [2.75, 3.05) is 11.1 Å². The molecule has 1 unspecified atom stereocenters. The molecule has 3 aliphatic carbocycles. The SMILES string of the molecule is C[C@]12CC[C@@H]3c4c(cc(O)c(O)c4N[C@@H](CS)C(=O)O)CC[C@H]3[C@@H]1CCC2O. The summed E-state index contributed by atoms with van der Waals surface area (Å²) in [7, 11) is 0. The van der Waals surface area contributed by atoms with Crippen LogP contribution in [0.2, 0.25) is 0 Å². The number of hydrogen-bond acceptors (Lipinski definition) is 6. The maximum atomic E-state index is 11.5. The lowest BCUT2D eigenvalue weighted by molar-refractivity contribution is -0.137. The predicted octanol–water partition coefficient (Wildman–Crippen LogP) is 3.11. The van der Waals surface area contributed by atoms with Crippen LogP contribution in [0.25, 0.3) is 0 Å². The van der Waals surface area contributed by atoms with Crippen molar-refractivity contribution in [1.29, 1.82) is 0 Å². The van der Waals surface area contributed by atoms with E-state index in [4.69, 9.17) is 0 Å². The van der Waals surface area contributed by atoms with E-state index in [0.29, 0.717) is 17.5 Å². The van der Waals surface area contributed by atoms with Gasteiger partial charge in [-0.3, -0.25) is 0 Å². The molecule has 0 spiro atoms. The van der Waals surface area contributed by atoms with E-state index in [2.05, 4.69) is 24.9 Å². The van der Waals surface area contributed by atoms with E-state index in [0.717, 1.165) is 49.7 Å². The highest BCUT2D eigenvalue weighted by Gasteiger charge is 2.55. The number of carbonyl (C=O) groups is 1. The molecule has 3 aliphatic rings. The molecule has 0 amide bonds. The Morgan fingerprint density at radius 3 is 2.75 bits per heavy atom. The first-order valence-corrected chi connectivity index (χ1v) is 10.8. The third kappa shape index (κ3) is 2.86. The van der Waals surface area contributed by atoms with Crippen LogP contribution >= 0.6 is 12.6 Å². The van der Waals surface area contributed by atoms with Crippen molar-refractivity contribution >= 4 is 24.3 Å². The molecular formula is C21H29NO5S. The molecule has 2 saturated carbocycles. The normalized spacial score (nSPS) is 34.8. The highest BCUT2D eigenvalue weighted by Crippen LogP contribution is 2.62. The monoisotopic (exact) mass is 407 g/mol. The molecule has 28 heavy (non-hydrogen) atoms. The zero-order valence-corrected chi connectivity index (χ0v) is 17.0. The quantitative estimate of drug-likeness (QED) is 0.338. The minimum Gasteiger partial charge on any atom is -0.504 e. The number of carboxylic acid groups (broad SMARTS) is 1. The number of aryl methyl sites for hydroxylation is 1. The first-order chi connectivity index (χ1) is 13.3. The van der Waals surface area contributed by atoms with Crippen LogP contribution < -0.4 is 5.32 Å². The summed E-state index contributed by atoms with van der Waals surface area (Å²) < 4.78 is 0. The van der Waals surface area contributed by atoms with Gasteiger partial charge >= 0.3 is 5.97 Å². The minimum absolute atomic E-state index is 0.0556. The van der Waals surface area contributed by atoms with Gasteiger partial charge in [-0.1, -0.05) is 6.92 Å². The fraction of sp³-hybridized carbons (Fsp3) is 0.667. The molecule has 2 fully saturated rings. The number of phenolic OH excluding ortho intramolecular Hbond substituents is 2. The third-order valence-corrected chi connectivity index (χ3v) is 8.07. The van der Waals surface area contributed by atoms with Gasteiger partial charge in [-0.15, -0.1) is 0 Å². The number of aliphatic hydroxyl groups excluding tert-OH is 1. The Morgan fingerprint density at radius 2 is 2.07 bits per heavy atom. The maximum absolute atomic E-state index is 11.5. The van der Waals surface area contributed by atoms with Crippen LogP contribution in [-0.2, 0) is 11.2 Å². The summed E-state index contributed by atoms with van der Waals surface area (Å²) in [6.07, 6.45) is 5.16. The molecule has 7 heteroatoms. The number of fused-ring (bicyclic) bond motifs is 5. The largest absolute Gasteiger partial charge is 0.504 e. The van der Waals surface area contributed by atoms with Crippen molar-refractivity contribution in [2.24, 2.45) is 17.3 Å². The van der Waals surface area contributed by atoms with Crippen molar-refractivity contribution in [1.82, 2.24) is 0 Å². The van der Waals surface area contributed by atoms with Crippen LogP contribution in [0.4, 0.5) is 5.69 Å². The zero-order valence-electron chi connectivity index (χ0n) is 16.1. The second-order valence-electron chi connectivity index (χ2n) is 8.96. The highest BCUT2D eigenvalue weighted by atomic mass is 32.1. The van der Waals surface area contributed by atoms with Gasteiger partial charge in [-0.05, 0) is 78.9 Å². The Kier molecular flexibility index (Phi) is 4.94. The number of benzene rings is 1. The Labute approximate surface area is 170 Å². The molecule has 6 nitrogen and oxygen atoms in total. The first-order valence-electron chi connectivity index (χ1n) is 10.1. The van der Waals surface area contributed by atoms with Gasteiger partial charge in [0.05, 0.1) is 11.8 Å². The van der Waals surface area contributed by atoms with Crippen LogP contribution in [0.5, 0.6) is 11.5 Å². The summed E-state index contributed by atoms with van der Waals surface area (Å²) >= 11 is 4.12. The number of aromatic hydroxyl groups is 2. The van der Waals surface area contributed by atoms with E-state index < -0.39 is 12.0 Å². The summed E-state index contributed by atoms with van der Waals surface area (Å²) in [6.45, 7) is 2.20. The van der Waals surface area contributed by atoms with Gasteiger partial charge in [0.2, 0.25) is 0 Å². The summed E-state index contributed by atoms with van der Waals surface area (Å²) in [5.74, 6) is -0.470. The van der Waals surface area contributed by atoms with E-state index >= 15 is 0 Å². The Balaban J connectivity index is 1.77. The first kappa shape index (κ1) is 19.7. The number of phenols is 2. The van der Waals surface area contributed by atoms with Crippen molar-refractivity contribution in [3.8, 4) is 11.5 Å². The smallest absolute Gasteiger partial charge is 0.326 e. The molecule has 0 bridgehead atoms. The number of aliphatic carboxylic acids is 1. The van der Waals surface area contributed by atoms with Crippen LogP contribution in [0.15, 0.2) is 6.07 Å². The summed E-state index contributed by atoms with van der Waals surface area (Å²) in [4.78, 5) is 11.5. The molecule has 5 N–H and O–H groups in total. The van der Waals surface area contributed by atoms with Crippen LogP contribution in [0.1, 0.15) is 56.1 Å². The van der Waals surface area contributed by atoms with Gasteiger partial charge in [-0.2, -0.15) is 12.6 Å². The third-order valence-electron chi connectivity index (χ3n) is 7.71. The second-order valence-corrected chi connectivity index (χ2v) is 9.33. The molecule has 4 rings (SSSR count). The zero-order chi connectivity index (χ0) is 20.2. The maximum Gasteiger partial charge on any atom is 0.326 e. The number of carboxylic acids is 1. The number of aliphatic hydroxyl groups is 1. The van der Waals surface area contributed by atoms with Gasteiger partial charge in [0.1, 0.15) is 6.04 Å². The van der Waals surface area contributed by atoms with Crippen LogP contribution in [0.3, 0.4) is 0 Å². The van der Waals surface area contributed by atoms with Gasteiger partial charge in [0.15, 0.2) is 11.5 Å². The fourth-order valence-corrected chi connectivity index (χ4v) is 6.45. The molecule has 0 saturated heterocycles. The fourth-order valence-electron chi connectivity index (χ4n) is 6.21. The lowest BCUT2D eigenvalue weighted by atomic mass is 9.55. The lowest BCUT2D eigenvalue weighted by Gasteiger charge is -2.50. The summed E-state index contributed by atoms with van der Waals surface area (Å²) in [5, 5.41) is 43.7. The molecule has 1 aromatic rings. The van der Waals surface area contributed by atoms with Crippen molar-refractivity contribution in [3.63, 3.8) is 0 Å². The van der Waals surface area contributed by atoms with Crippen molar-refractivity contribution in [3.05, 3.63) is 17.2 Å². The number of anilines is 1. The Morgan fingerprint density at radius 1 is 1.32 bits per heavy atom. The van der Waals surface area contributed by atoms with E-state index in [1.165, 1.54) is 0 Å². The number of thiol groups is 1. The Hall–Kier alpha value is -1.60. The average Bonchev–Trinajstić information content (AvgIpc) is 2.97. The molecule has 0 aliphatic heterocycles. The standard InChI is InChI=1S/C21H29NO5S/c1-21-7-6-12-11(13(21)4-5-16(21)24)3-2-10-8-15(23)19(25)18(17(10)12)22-14(9-28)20(26)27/h8,11-14,16,22-25,28H,2-7,9H2,1H3,(H,26,27)/t11-,12+,13+,14+,16?,21+/m1/s1. The van der Waals surface area contributed by atoms with E-state index in [1.54, 1.807) is 6.07 Å². The van der Waals surface area contributed by atoms with Gasteiger partial charge in [0.25, 0.3) is 0 Å². The van der Waals surface area contributed by atoms with E-state index in [9.17, 15) is 25.2 Å². The predicted molar refractivity (Wildman–Crippen MR) is 109 cm³/mol. The molecular weight excluding hydrogens is 378 g/mol. The molecule has 0 aromatic heterocycles. The second kappa shape index (κ2) is 7.02. The van der Waals surface area contributed by atoms with E-state index in [-0.39, 0.29) is 34.7 Å². The highest BCUT2D eigenvalue weighted by molar-refractivity contribution is 7.80. The van der Waals surface area contributed by atoms with Crippen molar-refractivity contribution < 1.29 is 25.2 Å². The topological polar surface area (TPSA) is 110 Å².